The van der Waals surface area contributed by atoms with E-state index in [1.165, 1.54) is 0 Å². The zero-order chi connectivity index (χ0) is 15.0. The lowest BCUT2D eigenvalue weighted by Gasteiger charge is -2.09. The molecule has 1 heterocycles. The van der Waals surface area contributed by atoms with Crippen LogP contribution in [0.3, 0.4) is 0 Å². The van der Waals surface area contributed by atoms with Crippen LogP contribution in [0.5, 0.6) is 0 Å². The van der Waals surface area contributed by atoms with Gasteiger partial charge in [0.25, 0.3) is 5.91 Å². The highest BCUT2D eigenvalue weighted by atomic mass is 16.2. The smallest absolute Gasteiger partial charge is 0.272 e. The Morgan fingerprint density at radius 3 is 2.52 bits per heavy atom. The van der Waals surface area contributed by atoms with Crippen molar-refractivity contribution >= 4 is 17.4 Å². The number of amides is 1. The van der Waals surface area contributed by atoms with Crippen LogP contribution in [0.2, 0.25) is 0 Å². The van der Waals surface area contributed by atoms with Gasteiger partial charge in [-0.25, -0.2) is 0 Å². The number of fused-ring (bicyclic) bond motifs is 1. The average molecular weight is 282 g/mol. The lowest BCUT2D eigenvalue weighted by molar-refractivity contribution is 0.0971. The normalized spacial score (nSPS) is 13.9. The van der Waals surface area contributed by atoms with Crippen LogP contribution in [-0.2, 0) is 6.42 Å². The number of anilines is 1. The number of aryl methyl sites for hydroxylation is 2. The molecule has 0 aliphatic heterocycles. The highest BCUT2D eigenvalue weighted by molar-refractivity contribution is 6.08. The Balaban J connectivity index is 1.88. The number of hydrogen-bond donors (Lipinski definition) is 2. The van der Waals surface area contributed by atoms with Crippen LogP contribution in [0, 0.1) is 13.8 Å². The first-order chi connectivity index (χ1) is 10.1. The molecule has 1 aliphatic rings. The molecule has 1 aromatic heterocycles. The van der Waals surface area contributed by atoms with Crippen molar-refractivity contribution in [1.82, 2.24) is 4.98 Å². The van der Waals surface area contributed by atoms with Gasteiger partial charge >= 0.3 is 0 Å². The molecule has 0 unspecified atom stereocenters. The number of Topliss-reactive ketones (excluding diaryl/α,β-unsaturated/α-hetero) is 1. The van der Waals surface area contributed by atoms with Crippen LogP contribution >= 0.6 is 0 Å². The third-order valence-corrected chi connectivity index (χ3v) is 3.97. The van der Waals surface area contributed by atoms with Crippen molar-refractivity contribution in [3.8, 4) is 0 Å². The van der Waals surface area contributed by atoms with E-state index in [0.29, 0.717) is 12.1 Å². The predicted molar refractivity (Wildman–Crippen MR) is 81.9 cm³/mol. The first-order valence-corrected chi connectivity index (χ1v) is 7.19. The highest BCUT2D eigenvalue weighted by Gasteiger charge is 2.26. The minimum atomic E-state index is -0.196. The van der Waals surface area contributed by atoms with Crippen LogP contribution in [-0.4, -0.2) is 16.7 Å². The first kappa shape index (κ1) is 13.6. The Morgan fingerprint density at radius 1 is 1.14 bits per heavy atom. The van der Waals surface area contributed by atoms with Crippen molar-refractivity contribution in [2.75, 3.05) is 5.32 Å². The van der Waals surface area contributed by atoms with Gasteiger partial charge in [0.15, 0.2) is 5.78 Å². The Bertz CT molecular complexity index is 711. The number of benzene rings is 1. The average Bonchev–Trinajstić information content (AvgIpc) is 2.80. The molecular formula is C17H18N2O2. The molecule has 2 N–H and O–H groups in total. The van der Waals surface area contributed by atoms with Gasteiger partial charge in [-0.05, 0) is 44.4 Å². The monoisotopic (exact) mass is 282 g/mol. The molecule has 0 fully saturated rings. The largest absolute Gasteiger partial charge is 0.354 e. The van der Waals surface area contributed by atoms with E-state index in [-0.39, 0.29) is 11.7 Å². The maximum atomic E-state index is 12.4. The fourth-order valence-electron chi connectivity index (χ4n) is 2.83. The van der Waals surface area contributed by atoms with Crippen molar-refractivity contribution in [3.63, 3.8) is 0 Å². The Hall–Kier alpha value is -2.36. The van der Waals surface area contributed by atoms with Crippen LogP contribution in [0.15, 0.2) is 24.3 Å². The summed E-state index contributed by atoms with van der Waals surface area (Å²) in [6.07, 6.45) is 2.26. The van der Waals surface area contributed by atoms with E-state index in [4.69, 9.17) is 0 Å². The minimum Gasteiger partial charge on any atom is -0.354 e. The number of aromatic amines is 1. The van der Waals surface area contributed by atoms with E-state index in [1.807, 2.05) is 38.1 Å². The zero-order valence-corrected chi connectivity index (χ0v) is 12.2. The SMILES string of the molecule is Cc1ccc(NC(=O)c2[nH]c3c(c2C)C(=O)CCC3)cc1. The number of aromatic nitrogens is 1. The Labute approximate surface area is 123 Å². The van der Waals surface area contributed by atoms with Gasteiger partial charge in [0.2, 0.25) is 0 Å². The number of ketones is 1. The molecule has 0 saturated carbocycles. The molecule has 4 heteroatoms. The molecule has 0 bridgehead atoms. The number of carbonyl (C=O) groups excluding carboxylic acids is 2. The second-order valence-electron chi connectivity index (χ2n) is 5.58. The molecule has 4 nitrogen and oxygen atoms in total. The fraction of sp³-hybridized carbons (Fsp3) is 0.294. The van der Waals surface area contributed by atoms with Gasteiger partial charge in [-0.15, -0.1) is 0 Å². The van der Waals surface area contributed by atoms with Crippen molar-refractivity contribution in [3.05, 3.63) is 52.3 Å². The van der Waals surface area contributed by atoms with Crippen molar-refractivity contribution in [2.24, 2.45) is 0 Å². The van der Waals surface area contributed by atoms with Gasteiger partial charge in [-0.3, -0.25) is 9.59 Å². The summed E-state index contributed by atoms with van der Waals surface area (Å²) in [5.74, 6) is -0.0575. The topological polar surface area (TPSA) is 62.0 Å². The second kappa shape index (κ2) is 5.20. The standard InChI is InChI=1S/C17H18N2O2/c1-10-6-8-12(9-7-10)18-17(21)16-11(2)15-13(19-16)4-3-5-14(15)20/h6-9,19H,3-5H2,1-2H3,(H,18,21). The van der Waals surface area contributed by atoms with E-state index in [2.05, 4.69) is 10.3 Å². The van der Waals surface area contributed by atoms with E-state index in [0.717, 1.165) is 40.9 Å². The van der Waals surface area contributed by atoms with E-state index in [9.17, 15) is 9.59 Å². The summed E-state index contributed by atoms with van der Waals surface area (Å²) in [7, 11) is 0. The molecule has 0 atom stereocenters. The quantitative estimate of drug-likeness (QED) is 0.886. The summed E-state index contributed by atoms with van der Waals surface area (Å²) in [5.41, 5.74) is 4.78. The summed E-state index contributed by atoms with van der Waals surface area (Å²) in [6, 6.07) is 7.64. The molecule has 1 aromatic carbocycles. The number of H-pyrrole nitrogens is 1. The highest BCUT2D eigenvalue weighted by Crippen LogP contribution is 2.26. The molecular weight excluding hydrogens is 264 g/mol. The van der Waals surface area contributed by atoms with Crippen LogP contribution in [0.4, 0.5) is 5.69 Å². The van der Waals surface area contributed by atoms with Gasteiger partial charge in [0, 0.05) is 23.4 Å². The second-order valence-corrected chi connectivity index (χ2v) is 5.58. The Morgan fingerprint density at radius 2 is 1.86 bits per heavy atom. The van der Waals surface area contributed by atoms with Gasteiger partial charge in [0.1, 0.15) is 5.69 Å². The molecule has 21 heavy (non-hydrogen) atoms. The molecule has 108 valence electrons. The van der Waals surface area contributed by atoms with Crippen LogP contribution in [0.1, 0.15) is 50.5 Å². The molecule has 0 spiro atoms. The van der Waals surface area contributed by atoms with Crippen LogP contribution < -0.4 is 5.32 Å². The van der Waals surface area contributed by atoms with E-state index < -0.39 is 0 Å². The summed E-state index contributed by atoms with van der Waals surface area (Å²) < 4.78 is 0. The molecule has 0 radical (unpaired) electrons. The summed E-state index contributed by atoms with van der Waals surface area (Å²) in [5, 5.41) is 2.87. The van der Waals surface area contributed by atoms with Crippen molar-refractivity contribution in [2.45, 2.75) is 33.1 Å². The third-order valence-electron chi connectivity index (χ3n) is 3.97. The number of hydrogen-bond acceptors (Lipinski definition) is 2. The van der Waals surface area contributed by atoms with Gasteiger partial charge in [-0.2, -0.15) is 0 Å². The Kier molecular flexibility index (Phi) is 3.37. The molecule has 3 rings (SSSR count). The summed E-state index contributed by atoms with van der Waals surface area (Å²) in [4.78, 5) is 27.5. The molecule has 0 saturated heterocycles. The maximum absolute atomic E-state index is 12.4. The molecule has 2 aromatic rings. The van der Waals surface area contributed by atoms with Crippen LogP contribution in [0.25, 0.3) is 0 Å². The summed E-state index contributed by atoms with van der Waals surface area (Å²) >= 11 is 0. The third kappa shape index (κ3) is 2.49. The number of rotatable bonds is 2. The van der Waals surface area contributed by atoms with Gasteiger partial charge in [0.05, 0.1) is 0 Å². The summed E-state index contributed by atoms with van der Waals surface area (Å²) in [6.45, 7) is 3.84. The minimum absolute atomic E-state index is 0.138. The molecule has 1 aliphatic carbocycles. The lowest BCUT2D eigenvalue weighted by Crippen LogP contribution is -2.13. The first-order valence-electron chi connectivity index (χ1n) is 7.19. The van der Waals surface area contributed by atoms with E-state index >= 15 is 0 Å². The fourth-order valence-corrected chi connectivity index (χ4v) is 2.83. The number of nitrogens with one attached hydrogen (secondary N) is 2. The van der Waals surface area contributed by atoms with Gasteiger partial charge in [-0.1, -0.05) is 17.7 Å². The predicted octanol–water partition coefficient (Wildman–Crippen LogP) is 3.40. The lowest BCUT2D eigenvalue weighted by atomic mass is 9.94. The van der Waals surface area contributed by atoms with E-state index in [1.54, 1.807) is 0 Å². The van der Waals surface area contributed by atoms with Gasteiger partial charge < -0.3 is 10.3 Å². The molecule has 1 amide bonds. The van der Waals surface area contributed by atoms with Crippen molar-refractivity contribution < 1.29 is 9.59 Å². The maximum Gasteiger partial charge on any atom is 0.272 e. The number of carbonyl (C=O) groups is 2. The zero-order valence-electron chi connectivity index (χ0n) is 12.2. The van der Waals surface area contributed by atoms with Crippen molar-refractivity contribution in [1.29, 1.82) is 0 Å².